The SMILES string of the molecule is CN=C(NCC(=O)N1CCCCC1)NCC(C)c1ccc(C)cc1. The van der Waals surface area contributed by atoms with Crippen LogP contribution in [0.5, 0.6) is 0 Å². The number of nitrogens with zero attached hydrogens (tertiary/aromatic N) is 2. The lowest BCUT2D eigenvalue weighted by atomic mass is 10.0. The van der Waals surface area contributed by atoms with E-state index in [0.717, 1.165) is 32.5 Å². The number of benzene rings is 1. The van der Waals surface area contributed by atoms with Gasteiger partial charge in [0.1, 0.15) is 0 Å². The van der Waals surface area contributed by atoms with Crippen LogP contribution in [0.3, 0.4) is 0 Å². The molecule has 0 aromatic heterocycles. The smallest absolute Gasteiger partial charge is 0.241 e. The van der Waals surface area contributed by atoms with Crippen molar-refractivity contribution in [3.63, 3.8) is 0 Å². The van der Waals surface area contributed by atoms with Crippen LogP contribution in [0, 0.1) is 6.92 Å². The summed E-state index contributed by atoms with van der Waals surface area (Å²) >= 11 is 0. The highest BCUT2D eigenvalue weighted by Crippen LogP contribution is 2.14. The number of likely N-dealkylation sites (tertiary alicyclic amines) is 1. The van der Waals surface area contributed by atoms with E-state index in [-0.39, 0.29) is 5.91 Å². The molecule has 1 aliphatic rings. The Morgan fingerprint density at radius 1 is 1.17 bits per heavy atom. The Kier molecular flexibility index (Phi) is 7.09. The van der Waals surface area contributed by atoms with E-state index < -0.39 is 0 Å². The minimum atomic E-state index is 0.157. The van der Waals surface area contributed by atoms with Crippen LogP contribution in [-0.4, -0.2) is 50.0 Å². The van der Waals surface area contributed by atoms with Crippen LogP contribution in [0.15, 0.2) is 29.3 Å². The number of nitrogens with one attached hydrogen (secondary N) is 2. The van der Waals surface area contributed by atoms with Gasteiger partial charge in [-0.05, 0) is 37.7 Å². The molecule has 0 saturated carbocycles. The molecule has 0 spiro atoms. The molecule has 5 heteroatoms. The van der Waals surface area contributed by atoms with Crippen LogP contribution >= 0.6 is 0 Å². The third-order valence-corrected chi connectivity index (χ3v) is 4.56. The Morgan fingerprint density at radius 3 is 2.46 bits per heavy atom. The average Bonchev–Trinajstić information content (AvgIpc) is 2.62. The van der Waals surface area contributed by atoms with Crippen molar-refractivity contribution in [3.05, 3.63) is 35.4 Å². The van der Waals surface area contributed by atoms with E-state index >= 15 is 0 Å². The second-order valence-corrected chi connectivity index (χ2v) is 6.56. The van der Waals surface area contributed by atoms with Crippen LogP contribution in [0.2, 0.25) is 0 Å². The van der Waals surface area contributed by atoms with Crippen LogP contribution in [0.1, 0.15) is 43.2 Å². The molecule has 24 heavy (non-hydrogen) atoms. The molecule has 1 heterocycles. The molecule has 1 unspecified atom stereocenters. The molecule has 1 aliphatic heterocycles. The highest BCUT2D eigenvalue weighted by atomic mass is 16.2. The quantitative estimate of drug-likeness (QED) is 0.643. The van der Waals surface area contributed by atoms with Gasteiger partial charge in [-0.2, -0.15) is 0 Å². The first-order valence-electron chi connectivity index (χ1n) is 8.89. The Balaban J connectivity index is 1.75. The van der Waals surface area contributed by atoms with Crippen molar-refractivity contribution in [2.24, 2.45) is 4.99 Å². The van der Waals surface area contributed by atoms with E-state index in [9.17, 15) is 4.79 Å². The predicted molar refractivity (Wildman–Crippen MR) is 99.4 cm³/mol. The maximum atomic E-state index is 12.2. The van der Waals surface area contributed by atoms with Gasteiger partial charge >= 0.3 is 0 Å². The fourth-order valence-corrected chi connectivity index (χ4v) is 2.90. The number of hydrogen-bond acceptors (Lipinski definition) is 2. The van der Waals surface area contributed by atoms with E-state index in [1.807, 2.05) is 4.90 Å². The molecule has 2 N–H and O–H groups in total. The summed E-state index contributed by atoms with van der Waals surface area (Å²) in [6, 6.07) is 8.60. The summed E-state index contributed by atoms with van der Waals surface area (Å²) in [6.07, 6.45) is 3.47. The molecular weight excluding hydrogens is 300 g/mol. The van der Waals surface area contributed by atoms with Crippen molar-refractivity contribution in [1.82, 2.24) is 15.5 Å². The molecule has 1 aromatic rings. The van der Waals surface area contributed by atoms with Gasteiger partial charge in [0.15, 0.2) is 5.96 Å². The van der Waals surface area contributed by atoms with Gasteiger partial charge in [-0.25, -0.2) is 0 Å². The minimum Gasteiger partial charge on any atom is -0.356 e. The van der Waals surface area contributed by atoms with Crippen molar-refractivity contribution in [1.29, 1.82) is 0 Å². The zero-order chi connectivity index (χ0) is 17.4. The van der Waals surface area contributed by atoms with Crippen molar-refractivity contribution >= 4 is 11.9 Å². The van der Waals surface area contributed by atoms with Crippen LogP contribution in [-0.2, 0) is 4.79 Å². The third-order valence-electron chi connectivity index (χ3n) is 4.56. The van der Waals surface area contributed by atoms with Gasteiger partial charge in [0.25, 0.3) is 0 Å². The van der Waals surface area contributed by atoms with Crippen molar-refractivity contribution < 1.29 is 4.79 Å². The van der Waals surface area contributed by atoms with E-state index in [4.69, 9.17) is 0 Å². The largest absolute Gasteiger partial charge is 0.356 e. The highest BCUT2D eigenvalue weighted by molar-refractivity contribution is 5.86. The zero-order valence-corrected chi connectivity index (χ0v) is 15.1. The van der Waals surface area contributed by atoms with Gasteiger partial charge < -0.3 is 15.5 Å². The van der Waals surface area contributed by atoms with Crippen LogP contribution in [0.4, 0.5) is 0 Å². The minimum absolute atomic E-state index is 0.157. The lowest BCUT2D eigenvalue weighted by molar-refractivity contribution is -0.130. The van der Waals surface area contributed by atoms with Crippen molar-refractivity contribution in [2.45, 2.75) is 39.0 Å². The molecule has 2 rings (SSSR count). The number of guanidine groups is 1. The number of rotatable bonds is 5. The molecule has 5 nitrogen and oxygen atoms in total. The first-order valence-corrected chi connectivity index (χ1v) is 8.89. The molecule has 1 amide bonds. The zero-order valence-electron chi connectivity index (χ0n) is 15.1. The standard InChI is InChI=1S/C19H30N4O/c1-15-7-9-17(10-8-15)16(2)13-21-19(20-3)22-14-18(24)23-11-5-4-6-12-23/h7-10,16H,4-6,11-14H2,1-3H3,(H2,20,21,22). The van der Waals surface area contributed by atoms with E-state index in [1.165, 1.54) is 17.5 Å². The molecule has 1 fully saturated rings. The second-order valence-electron chi connectivity index (χ2n) is 6.56. The number of piperidine rings is 1. The molecule has 1 saturated heterocycles. The number of aryl methyl sites for hydroxylation is 1. The van der Waals surface area contributed by atoms with E-state index in [0.29, 0.717) is 18.4 Å². The Bertz CT molecular complexity index is 547. The van der Waals surface area contributed by atoms with E-state index in [1.54, 1.807) is 7.05 Å². The summed E-state index contributed by atoms with van der Waals surface area (Å²) in [5.74, 6) is 1.21. The lowest BCUT2D eigenvalue weighted by Crippen LogP contribution is -2.46. The Labute approximate surface area is 145 Å². The fraction of sp³-hybridized carbons (Fsp3) is 0.579. The van der Waals surface area contributed by atoms with Gasteiger partial charge in [0.05, 0.1) is 6.54 Å². The van der Waals surface area contributed by atoms with Crippen molar-refractivity contribution in [3.8, 4) is 0 Å². The van der Waals surface area contributed by atoms with E-state index in [2.05, 4.69) is 53.7 Å². The van der Waals surface area contributed by atoms with Crippen molar-refractivity contribution in [2.75, 3.05) is 33.2 Å². The third kappa shape index (κ3) is 5.55. The second kappa shape index (κ2) is 9.30. The summed E-state index contributed by atoms with van der Waals surface area (Å²) in [6.45, 7) is 7.13. The number of carbonyl (C=O) groups excluding carboxylic acids is 1. The highest BCUT2D eigenvalue weighted by Gasteiger charge is 2.16. The normalized spacial score (nSPS) is 16.6. The summed E-state index contributed by atoms with van der Waals surface area (Å²) in [7, 11) is 1.73. The lowest BCUT2D eigenvalue weighted by Gasteiger charge is -2.27. The van der Waals surface area contributed by atoms with Crippen LogP contribution < -0.4 is 10.6 Å². The molecule has 1 aromatic carbocycles. The Hall–Kier alpha value is -2.04. The van der Waals surface area contributed by atoms with Gasteiger partial charge in [0.2, 0.25) is 5.91 Å². The molecular formula is C19H30N4O. The summed E-state index contributed by atoms with van der Waals surface area (Å²) < 4.78 is 0. The first kappa shape index (κ1) is 18.3. The van der Waals surface area contributed by atoms with Gasteiger partial charge in [-0.3, -0.25) is 9.79 Å². The topological polar surface area (TPSA) is 56.7 Å². The van der Waals surface area contributed by atoms with Gasteiger partial charge in [-0.15, -0.1) is 0 Å². The summed E-state index contributed by atoms with van der Waals surface area (Å²) in [5, 5.41) is 6.44. The molecule has 132 valence electrons. The summed E-state index contributed by atoms with van der Waals surface area (Å²) in [4.78, 5) is 18.3. The summed E-state index contributed by atoms with van der Waals surface area (Å²) in [5.41, 5.74) is 2.57. The maximum Gasteiger partial charge on any atom is 0.241 e. The Morgan fingerprint density at radius 2 is 1.83 bits per heavy atom. The predicted octanol–water partition coefficient (Wildman–Crippen LogP) is 2.28. The molecule has 0 bridgehead atoms. The number of aliphatic imine (C=N–C) groups is 1. The fourth-order valence-electron chi connectivity index (χ4n) is 2.90. The average molecular weight is 330 g/mol. The number of carbonyl (C=O) groups is 1. The molecule has 0 radical (unpaired) electrons. The number of hydrogen-bond donors (Lipinski definition) is 2. The van der Waals surface area contributed by atoms with Gasteiger partial charge in [0, 0.05) is 26.7 Å². The maximum absolute atomic E-state index is 12.2. The number of amides is 1. The monoisotopic (exact) mass is 330 g/mol. The van der Waals surface area contributed by atoms with Gasteiger partial charge in [-0.1, -0.05) is 36.8 Å². The molecule has 1 atom stereocenters. The first-order chi connectivity index (χ1) is 11.6. The van der Waals surface area contributed by atoms with Crippen LogP contribution in [0.25, 0.3) is 0 Å². The molecule has 0 aliphatic carbocycles.